The molecule has 15 heavy (non-hydrogen) atoms. The van der Waals surface area contributed by atoms with Gasteiger partial charge in [0.15, 0.2) is 5.78 Å². The molecule has 1 aliphatic rings. The molecule has 2 rings (SSSR count). The summed E-state index contributed by atoms with van der Waals surface area (Å²) in [5.41, 5.74) is 10.5. The van der Waals surface area contributed by atoms with Crippen molar-refractivity contribution >= 4 is 5.78 Å². The third-order valence-electron chi connectivity index (χ3n) is 3.19. The summed E-state index contributed by atoms with van der Waals surface area (Å²) in [6, 6.07) is 4.45. The fourth-order valence-electron chi connectivity index (χ4n) is 2.34. The predicted octanol–water partition coefficient (Wildman–Crippen LogP) is 2.01. The van der Waals surface area contributed by atoms with Gasteiger partial charge < -0.3 is 5.73 Å². The minimum Gasteiger partial charge on any atom is -0.327 e. The minimum atomic E-state index is 0.148. The smallest absolute Gasteiger partial charge is 0.160 e. The second-order valence-electron chi connectivity index (χ2n) is 4.49. The Balaban J connectivity index is 2.47. The molecule has 1 aliphatic carbocycles. The van der Waals surface area contributed by atoms with Gasteiger partial charge in [0.25, 0.3) is 0 Å². The van der Waals surface area contributed by atoms with Crippen LogP contribution in [0.5, 0.6) is 0 Å². The average molecular weight is 203 g/mol. The number of aryl methyl sites for hydroxylation is 2. The summed E-state index contributed by atoms with van der Waals surface area (Å²) in [7, 11) is 0. The number of rotatable bonds is 1. The van der Waals surface area contributed by atoms with Gasteiger partial charge in [-0.2, -0.15) is 0 Å². The van der Waals surface area contributed by atoms with E-state index >= 15 is 0 Å². The van der Waals surface area contributed by atoms with E-state index in [1.807, 2.05) is 13.0 Å². The summed E-state index contributed by atoms with van der Waals surface area (Å²) < 4.78 is 0. The highest BCUT2D eigenvalue weighted by Crippen LogP contribution is 2.24. The first-order chi connectivity index (χ1) is 7.08. The van der Waals surface area contributed by atoms with Crippen molar-refractivity contribution in [3.05, 3.63) is 34.4 Å². The first-order valence-corrected chi connectivity index (χ1v) is 5.47. The van der Waals surface area contributed by atoms with Crippen molar-refractivity contribution in [1.82, 2.24) is 0 Å². The van der Waals surface area contributed by atoms with Gasteiger partial charge in [0.1, 0.15) is 0 Å². The lowest BCUT2D eigenvalue weighted by Gasteiger charge is -2.22. The van der Waals surface area contributed by atoms with Crippen molar-refractivity contribution in [1.29, 1.82) is 0 Å². The lowest BCUT2D eigenvalue weighted by atomic mass is 9.85. The number of ketones is 1. The summed E-state index contributed by atoms with van der Waals surface area (Å²) in [6.07, 6.45) is 3.03. The normalized spacial score (nSPS) is 19.8. The van der Waals surface area contributed by atoms with Gasteiger partial charge in [0, 0.05) is 11.6 Å². The van der Waals surface area contributed by atoms with Crippen molar-refractivity contribution in [2.75, 3.05) is 0 Å². The summed E-state index contributed by atoms with van der Waals surface area (Å²) in [6.45, 7) is 3.63. The molecule has 0 saturated carbocycles. The average Bonchev–Trinajstić information content (AvgIpc) is 2.17. The van der Waals surface area contributed by atoms with Crippen LogP contribution in [0, 0.1) is 6.92 Å². The fourth-order valence-corrected chi connectivity index (χ4v) is 2.34. The molecule has 0 heterocycles. The van der Waals surface area contributed by atoms with Gasteiger partial charge in [-0.25, -0.2) is 0 Å². The van der Waals surface area contributed by atoms with Crippen LogP contribution in [0.1, 0.15) is 40.4 Å². The molecule has 1 atom stereocenters. The Kier molecular flexibility index (Phi) is 2.61. The van der Waals surface area contributed by atoms with Gasteiger partial charge in [-0.3, -0.25) is 4.79 Å². The molecule has 0 saturated heterocycles. The van der Waals surface area contributed by atoms with E-state index < -0.39 is 0 Å². The van der Waals surface area contributed by atoms with Crippen LogP contribution in [0.4, 0.5) is 0 Å². The number of carbonyl (C=O) groups is 1. The van der Waals surface area contributed by atoms with Crippen LogP contribution in [0.2, 0.25) is 0 Å². The number of benzene rings is 1. The Morgan fingerprint density at radius 1 is 1.40 bits per heavy atom. The lowest BCUT2D eigenvalue weighted by molar-refractivity contribution is 0.101. The Hall–Kier alpha value is -1.15. The highest BCUT2D eigenvalue weighted by molar-refractivity contribution is 5.95. The van der Waals surface area contributed by atoms with Crippen molar-refractivity contribution in [3.8, 4) is 0 Å². The molecule has 0 amide bonds. The third-order valence-corrected chi connectivity index (χ3v) is 3.19. The predicted molar refractivity (Wildman–Crippen MR) is 61.2 cm³/mol. The Labute approximate surface area is 90.5 Å². The molecule has 2 nitrogen and oxygen atoms in total. The molecule has 0 fully saturated rings. The molecule has 1 aromatic carbocycles. The molecule has 0 aromatic heterocycles. The molecule has 0 bridgehead atoms. The zero-order valence-corrected chi connectivity index (χ0v) is 9.34. The first-order valence-electron chi connectivity index (χ1n) is 5.47. The maximum atomic E-state index is 11.4. The zero-order valence-electron chi connectivity index (χ0n) is 9.34. The molecule has 0 aliphatic heterocycles. The van der Waals surface area contributed by atoms with Crippen LogP contribution in [-0.4, -0.2) is 11.8 Å². The topological polar surface area (TPSA) is 43.1 Å². The molecule has 2 N–H and O–H groups in total. The third kappa shape index (κ3) is 1.95. The van der Waals surface area contributed by atoms with Gasteiger partial charge >= 0.3 is 0 Å². The second kappa shape index (κ2) is 3.78. The summed E-state index contributed by atoms with van der Waals surface area (Å²) in [5, 5.41) is 0. The maximum absolute atomic E-state index is 11.4. The monoisotopic (exact) mass is 203 g/mol. The number of nitrogens with two attached hydrogens (primary N) is 1. The van der Waals surface area contributed by atoms with Crippen molar-refractivity contribution < 1.29 is 4.79 Å². The van der Waals surface area contributed by atoms with E-state index in [1.54, 1.807) is 6.92 Å². The standard InChI is InChI=1S/C13H17NO/c1-8-5-10-3-4-12(14)6-11(10)7-13(8)9(2)15/h5,7,12H,3-4,6,14H2,1-2H3. The van der Waals surface area contributed by atoms with Crippen molar-refractivity contribution in [3.63, 3.8) is 0 Å². The molecular formula is C13H17NO. The molecule has 0 radical (unpaired) electrons. The molecular weight excluding hydrogens is 186 g/mol. The second-order valence-corrected chi connectivity index (χ2v) is 4.49. The number of hydrogen-bond donors (Lipinski definition) is 1. The fraction of sp³-hybridized carbons (Fsp3) is 0.462. The van der Waals surface area contributed by atoms with Crippen LogP contribution < -0.4 is 5.73 Å². The van der Waals surface area contributed by atoms with E-state index in [4.69, 9.17) is 5.73 Å². The van der Waals surface area contributed by atoms with Crippen molar-refractivity contribution in [2.24, 2.45) is 5.73 Å². The number of Topliss-reactive ketones (excluding diaryl/α,β-unsaturated/α-hetero) is 1. The minimum absolute atomic E-state index is 0.148. The van der Waals surface area contributed by atoms with Crippen molar-refractivity contribution in [2.45, 2.75) is 39.2 Å². The Bertz CT molecular complexity index is 409. The van der Waals surface area contributed by atoms with E-state index in [-0.39, 0.29) is 11.8 Å². The maximum Gasteiger partial charge on any atom is 0.160 e. The lowest BCUT2D eigenvalue weighted by Crippen LogP contribution is -2.28. The van der Waals surface area contributed by atoms with E-state index in [0.29, 0.717) is 0 Å². The SMILES string of the molecule is CC(=O)c1cc2c(cc1C)CCC(N)C2. The molecule has 80 valence electrons. The van der Waals surface area contributed by atoms with Crippen LogP contribution >= 0.6 is 0 Å². The number of fused-ring (bicyclic) bond motifs is 1. The summed E-state index contributed by atoms with van der Waals surface area (Å²) >= 11 is 0. The van der Waals surface area contributed by atoms with Gasteiger partial charge in [-0.15, -0.1) is 0 Å². The molecule has 1 unspecified atom stereocenters. The van der Waals surface area contributed by atoms with E-state index in [2.05, 4.69) is 6.07 Å². The summed E-state index contributed by atoms with van der Waals surface area (Å²) in [4.78, 5) is 11.4. The quantitative estimate of drug-likeness (QED) is 0.709. The van der Waals surface area contributed by atoms with E-state index in [0.717, 1.165) is 30.4 Å². The highest BCUT2D eigenvalue weighted by Gasteiger charge is 2.17. The van der Waals surface area contributed by atoms with Gasteiger partial charge in [-0.05, 0) is 55.9 Å². The van der Waals surface area contributed by atoms with Crippen LogP contribution in [0.15, 0.2) is 12.1 Å². The van der Waals surface area contributed by atoms with Crippen LogP contribution in [-0.2, 0) is 12.8 Å². The number of hydrogen-bond acceptors (Lipinski definition) is 2. The zero-order chi connectivity index (χ0) is 11.0. The molecule has 0 spiro atoms. The highest BCUT2D eigenvalue weighted by atomic mass is 16.1. The van der Waals surface area contributed by atoms with Gasteiger partial charge in [0.2, 0.25) is 0 Å². The van der Waals surface area contributed by atoms with E-state index in [9.17, 15) is 4.79 Å². The van der Waals surface area contributed by atoms with Gasteiger partial charge in [0.05, 0.1) is 0 Å². The van der Waals surface area contributed by atoms with Crippen LogP contribution in [0.25, 0.3) is 0 Å². The van der Waals surface area contributed by atoms with E-state index in [1.165, 1.54) is 11.1 Å². The largest absolute Gasteiger partial charge is 0.327 e. The molecule has 2 heteroatoms. The van der Waals surface area contributed by atoms with Gasteiger partial charge in [-0.1, -0.05) is 6.07 Å². The van der Waals surface area contributed by atoms with Crippen LogP contribution in [0.3, 0.4) is 0 Å². The Morgan fingerprint density at radius 3 is 2.80 bits per heavy atom. The first kappa shape index (κ1) is 10.4. The Morgan fingerprint density at radius 2 is 2.13 bits per heavy atom. The number of carbonyl (C=O) groups excluding carboxylic acids is 1. The molecule has 1 aromatic rings. The summed E-state index contributed by atoms with van der Waals surface area (Å²) in [5.74, 6) is 0.148.